The molecule has 4 heteroatoms. The number of hydrogen-bond acceptors (Lipinski definition) is 4. The fourth-order valence-corrected chi connectivity index (χ4v) is 6.22. The zero-order valence-corrected chi connectivity index (χ0v) is 21.2. The first kappa shape index (κ1) is 24.1. The number of nitrogens with one attached hydrogen (secondary N) is 1. The van der Waals surface area contributed by atoms with E-state index in [0.717, 1.165) is 23.4 Å². The molecule has 2 N–H and O–H groups in total. The van der Waals surface area contributed by atoms with E-state index in [-0.39, 0.29) is 0 Å². The molecule has 0 radical (unpaired) electrons. The Morgan fingerprint density at radius 1 is 0.943 bits per heavy atom. The van der Waals surface area contributed by atoms with E-state index in [2.05, 4.69) is 76.9 Å². The van der Waals surface area contributed by atoms with Crippen LogP contribution in [-0.2, 0) is 12.1 Å². The predicted molar refractivity (Wildman–Crippen MR) is 142 cm³/mol. The van der Waals surface area contributed by atoms with Gasteiger partial charge in [0.15, 0.2) is 0 Å². The first-order valence-corrected chi connectivity index (χ1v) is 12.9. The molecule has 3 saturated heterocycles. The van der Waals surface area contributed by atoms with E-state index in [0.29, 0.717) is 23.9 Å². The van der Waals surface area contributed by atoms with Gasteiger partial charge in [-0.3, -0.25) is 4.90 Å². The highest BCUT2D eigenvalue weighted by Crippen LogP contribution is 2.42. The number of methoxy groups -OCH3 is 1. The zero-order chi connectivity index (χ0) is 24.4. The van der Waals surface area contributed by atoms with Gasteiger partial charge in [-0.15, -0.1) is 0 Å². The monoisotopic (exact) mass is 470 g/mol. The van der Waals surface area contributed by atoms with Crippen LogP contribution in [0.5, 0.6) is 5.75 Å². The molecule has 2 atom stereocenters. The largest absolute Gasteiger partial charge is 0.496 e. The second-order valence-electron chi connectivity index (χ2n) is 10.7. The summed E-state index contributed by atoms with van der Waals surface area (Å²) >= 11 is 0. The summed E-state index contributed by atoms with van der Waals surface area (Å²) in [5.41, 5.74) is 3.88. The van der Waals surface area contributed by atoms with E-state index in [1.165, 1.54) is 37.1 Å². The number of aliphatic hydroxyl groups is 1. The summed E-state index contributed by atoms with van der Waals surface area (Å²) in [6.45, 7) is 6.72. The van der Waals surface area contributed by atoms with Gasteiger partial charge in [-0.25, -0.2) is 0 Å². The second-order valence-corrected chi connectivity index (χ2v) is 10.7. The molecule has 0 amide bonds. The molecule has 3 heterocycles. The van der Waals surface area contributed by atoms with Gasteiger partial charge in [0.25, 0.3) is 0 Å². The minimum Gasteiger partial charge on any atom is -0.496 e. The molecule has 3 aromatic rings. The Bertz CT molecular complexity index is 1060. The van der Waals surface area contributed by atoms with Crippen LogP contribution >= 0.6 is 0 Å². The average molecular weight is 471 g/mol. The molecule has 3 aliphatic rings. The minimum absolute atomic E-state index is 0.308. The molecule has 0 aromatic heterocycles. The number of hydrogen-bond donors (Lipinski definition) is 2. The van der Waals surface area contributed by atoms with Crippen LogP contribution in [0.2, 0.25) is 0 Å². The highest BCUT2D eigenvalue weighted by atomic mass is 16.5. The number of nitrogens with zero attached hydrogens (tertiary/aromatic N) is 1. The highest BCUT2D eigenvalue weighted by Gasteiger charge is 2.46. The maximum atomic E-state index is 10.6. The average Bonchev–Trinajstić information content (AvgIpc) is 2.89. The molecule has 4 nitrogen and oxygen atoms in total. The quantitative estimate of drug-likeness (QED) is 0.469. The van der Waals surface area contributed by atoms with E-state index in [1.54, 1.807) is 7.11 Å². The Kier molecular flexibility index (Phi) is 6.97. The van der Waals surface area contributed by atoms with Crippen LogP contribution < -0.4 is 10.1 Å². The van der Waals surface area contributed by atoms with E-state index < -0.39 is 5.60 Å². The number of piperidine rings is 3. The van der Waals surface area contributed by atoms with Gasteiger partial charge in [-0.05, 0) is 74.5 Å². The maximum absolute atomic E-state index is 10.6. The summed E-state index contributed by atoms with van der Waals surface area (Å²) in [6, 6.07) is 28.8. The number of ether oxygens (including phenoxy) is 1. The van der Waals surface area contributed by atoms with E-state index in [4.69, 9.17) is 4.74 Å². The lowest BCUT2D eigenvalue weighted by atomic mass is 9.70. The Morgan fingerprint density at radius 2 is 1.54 bits per heavy atom. The summed E-state index contributed by atoms with van der Waals surface area (Å²) in [4.78, 5) is 2.72. The van der Waals surface area contributed by atoms with Crippen LogP contribution in [0, 0.1) is 5.92 Å². The van der Waals surface area contributed by atoms with Crippen LogP contribution in [-0.4, -0.2) is 42.3 Å². The predicted octanol–water partition coefficient (Wildman–Crippen LogP) is 5.31. The standard InChI is InChI=1S/C31H38N2O2/c1-31(2,34)26-14-15-27(35-3)25(20-26)21-32-29-24-16-18-33(19-17-24)30(29)28(22-10-6-4-7-11-22)23-12-8-5-9-13-23/h4-15,20,24,28-30,32,34H,16-19,21H2,1-3H3/t29-,30?/m1/s1. The van der Waals surface area contributed by atoms with Crippen molar-refractivity contribution in [3.63, 3.8) is 0 Å². The van der Waals surface area contributed by atoms with Crippen LogP contribution in [0.15, 0.2) is 78.9 Å². The highest BCUT2D eigenvalue weighted by molar-refractivity contribution is 5.40. The SMILES string of the molecule is COc1ccc(C(C)(C)O)cc1CN[C@@H]1C2CCN(CC2)C1C(c1ccccc1)c1ccccc1. The van der Waals surface area contributed by atoms with E-state index >= 15 is 0 Å². The smallest absolute Gasteiger partial charge is 0.123 e. The molecule has 0 spiro atoms. The molecule has 2 bridgehead atoms. The van der Waals surface area contributed by atoms with Gasteiger partial charge in [0.2, 0.25) is 0 Å². The molecule has 6 rings (SSSR count). The van der Waals surface area contributed by atoms with Crippen molar-refractivity contribution in [1.29, 1.82) is 0 Å². The van der Waals surface area contributed by atoms with Crippen molar-refractivity contribution in [2.75, 3.05) is 20.2 Å². The Balaban J connectivity index is 1.48. The van der Waals surface area contributed by atoms with Gasteiger partial charge in [-0.2, -0.15) is 0 Å². The molecule has 1 unspecified atom stereocenters. The van der Waals surface area contributed by atoms with Gasteiger partial charge >= 0.3 is 0 Å². The molecule has 3 aliphatic heterocycles. The third kappa shape index (κ3) is 5.02. The topological polar surface area (TPSA) is 44.7 Å². The van der Waals surface area contributed by atoms with Crippen molar-refractivity contribution in [1.82, 2.24) is 10.2 Å². The number of benzene rings is 3. The molecular weight excluding hydrogens is 432 g/mol. The van der Waals surface area contributed by atoms with Gasteiger partial charge < -0.3 is 15.2 Å². The molecule has 3 fully saturated rings. The third-order valence-electron chi connectivity index (χ3n) is 8.05. The number of rotatable bonds is 8. The van der Waals surface area contributed by atoms with Crippen LogP contribution in [0.3, 0.4) is 0 Å². The Labute approximate surface area is 209 Å². The molecule has 184 valence electrons. The van der Waals surface area contributed by atoms with Crippen molar-refractivity contribution in [2.24, 2.45) is 5.92 Å². The lowest BCUT2D eigenvalue weighted by Gasteiger charge is -2.54. The number of fused-ring (bicyclic) bond motifs is 3. The molecular formula is C31H38N2O2. The van der Waals surface area contributed by atoms with Crippen molar-refractivity contribution >= 4 is 0 Å². The fraction of sp³-hybridized carbons (Fsp3) is 0.419. The van der Waals surface area contributed by atoms with Gasteiger partial charge in [-0.1, -0.05) is 66.7 Å². The maximum Gasteiger partial charge on any atom is 0.123 e. The van der Waals surface area contributed by atoms with Crippen LogP contribution in [0.25, 0.3) is 0 Å². The summed E-state index contributed by atoms with van der Waals surface area (Å²) < 4.78 is 5.70. The summed E-state index contributed by atoms with van der Waals surface area (Å²) in [7, 11) is 1.72. The van der Waals surface area contributed by atoms with E-state index in [9.17, 15) is 5.11 Å². The van der Waals surface area contributed by atoms with Gasteiger partial charge in [0.1, 0.15) is 5.75 Å². The first-order valence-electron chi connectivity index (χ1n) is 12.9. The molecule has 0 saturated carbocycles. The lowest BCUT2D eigenvalue weighted by molar-refractivity contribution is 0.00460. The van der Waals surface area contributed by atoms with Crippen molar-refractivity contribution in [2.45, 2.75) is 56.8 Å². The summed E-state index contributed by atoms with van der Waals surface area (Å²) in [6.07, 6.45) is 2.48. The first-order chi connectivity index (χ1) is 17.0. The Morgan fingerprint density at radius 3 is 2.09 bits per heavy atom. The minimum atomic E-state index is -0.884. The van der Waals surface area contributed by atoms with Crippen LogP contribution in [0.4, 0.5) is 0 Å². The Hall–Kier alpha value is -2.66. The lowest BCUT2D eigenvalue weighted by Crippen LogP contribution is -2.64. The van der Waals surface area contributed by atoms with Gasteiger partial charge in [0, 0.05) is 30.1 Å². The van der Waals surface area contributed by atoms with Crippen molar-refractivity contribution in [3.8, 4) is 5.75 Å². The fourth-order valence-electron chi connectivity index (χ4n) is 6.22. The normalized spacial score (nSPS) is 24.0. The molecule has 3 aromatic carbocycles. The molecule has 0 aliphatic carbocycles. The molecule has 35 heavy (non-hydrogen) atoms. The summed E-state index contributed by atoms with van der Waals surface area (Å²) in [5.74, 6) is 1.83. The van der Waals surface area contributed by atoms with Gasteiger partial charge in [0.05, 0.1) is 12.7 Å². The third-order valence-corrected chi connectivity index (χ3v) is 8.05. The second kappa shape index (κ2) is 10.1. The zero-order valence-electron chi connectivity index (χ0n) is 21.2. The van der Waals surface area contributed by atoms with Crippen molar-refractivity contribution < 1.29 is 9.84 Å². The van der Waals surface area contributed by atoms with Crippen molar-refractivity contribution in [3.05, 3.63) is 101 Å². The van der Waals surface area contributed by atoms with E-state index in [1.807, 2.05) is 26.0 Å². The van der Waals surface area contributed by atoms with Crippen LogP contribution in [0.1, 0.15) is 54.9 Å². The summed E-state index contributed by atoms with van der Waals surface area (Å²) in [5, 5.41) is 14.6.